The molecule has 7 nitrogen and oxygen atoms in total. The molecule has 0 bridgehead atoms. The lowest BCUT2D eigenvalue weighted by molar-refractivity contribution is 0.0705. The summed E-state index contributed by atoms with van der Waals surface area (Å²) in [5, 5.41) is 6.85. The zero-order valence-corrected chi connectivity index (χ0v) is 11.5. The van der Waals surface area contributed by atoms with Crippen molar-refractivity contribution in [2.75, 3.05) is 39.4 Å². The van der Waals surface area contributed by atoms with Crippen LogP contribution in [-0.2, 0) is 14.9 Å². The summed E-state index contributed by atoms with van der Waals surface area (Å²) in [5.41, 5.74) is 1.01. The lowest BCUT2D eigenvalue weighted by Crippen LogP contribution is -2.47. The van der Waals surface area contributed by atoms with Crippen LogP contribution in [-0.4, -0.2) is 66.6 Å². The summed E-state index contributed by atoms with van der Waals surface area (Å²) in [5.74, 6) is 0.221. The number of hydrogen-bond acceptors (Lipinski definition) is 4. The van der Waals surface area contributed by atoms with Crippen LogP contribution in [0.2, 0.25) is 0 Å². The van der Waals surface area contributed by atoms with Crippen molar-refractivity contribution in [3.05, 3.63) is 18.0 Å². The molecule has 1 unspecified atom stereocenters. The standard InChI is InChI=1S/C11H18N4O3S/c16-19(17,14-5-7-18-8-6-14)15-4-2-10(9-15)11-1-3-12-13-11/h1,3,10H,2,4-9H2,(H,12,13). The van der Waals surface area contributed by atoms with Crippen LogP contribution in [0.3, 0.4) is 0 Å². The Morgan fingerprint density at radius 1 is 1.26 bits per heavy atom. The van der Waals surface area contributed by atoms with Crippen LogP contribution in [0.15, 0.2) is 12.3 Å². The Morgan fingerprint density at radius 3 is 2.74 bits per heavy atom. The smallest absolute Gasteiger partial charge is 0.282 e. The van der Waals surface area contributed by atoms with E-state index in [9.17, 15) is 8.42 Å². The Labute approximate surface area is 112 Å². The van der Waals surface area contributed by atoms with Gasteiger partial charge >= 0.3 is 0 Å². The zero-order valence-electron chi connectivity index (χ0n) is 10.7. The van der Waals surface area contributed by atoms with Crippen molar-refractivity contribution in [1.29, 1.82) is 0 Å². The molecule has 0 amide bonds. The molecule has 106 valence electrons. The number of aromatic amines is 1. The number of H-pyrrole nitrogens is 1. The van der Waals surface area contributed by atoms with Gasteiger partial charge in [-0.3, -0.25) is 5.10 Å². The van der Waals surface area contributed by atoms with Gasteiger partial charge in [-0.1, -0.05) is 0 Å². The normalized spacial score (nSPS) is 26.8. The maximum absolute atomic E-state index is 12.5. The molecule has 2 aliphatic heterocycles. The monoisotopic (exact) mass is 286 g/mol. The van der Waals surface area contributed by atoms with Gasteiger partial charge in [-0.25, -0.2) is 0 Å². The van der Waals surface area contributed by atoms with E-state index >= 15 is 0 Å². The van der Waals surface area contributed by atoms with Crippen LogP contribution >= 0.6 is 0 Å². The molecule has 8 heteroatoms. The summed E-state index contributed by atoms with van der Waals surface area (Å²) in [6.45, 7) is 2.97. The molecule has 0 spiro atoms. The summed E-state index contributed by atoms with van der Waals surface area (Å²) in [7, 11) is -3.33. The van der Waals surface area contributed by atoms with Gasteiger partial charge in [0, 0.05) is 44.0 Å². The molecule has 0 aromatic carbocycles. The fourth-order valence-corrected chi connectivity index (χ4v) is 4.27. The van der Waals surface area contributed by atoms with Crippen molar-refractivity contribution in [2.24, 2.45) is 0 Å². The van der Waals surface area contributed by atoms with Crippen molar-refractivity contribution >= 4 is 10.2 Å². The van der Waals surface area contributed by atoms with Crippen molar-refractivity contribution in [1.82, 2.24) is 18.8 Å². The maximum atomic E-state index is 12.5. The van der Waals surface area contributed by atoms with Gasteiger partial charge in [0.2, 0.25) is 0 Å². The average molecular weight is 286 g/mol. The highest BCUT2D eigenvalue weighted by atomic mass is 32.2. The number of nitrogens with one attached hydrogen (secondary N) is 1. The van der Waals surface area contributed by atoms with E-state index in [0.29, 0.717) is 39.4 Å². The molecule has 0 radical (unpaired) electrons. The Hall–Kier alpha value is -0.960. The topological polar surface area (TPSA) is 78.5 Å². The molecule has 3 rings (SSSR count). The predicted octanol–water partition coefficient (Wildman–Crippen LogP) is -0.224. The first-order valence-electron chi connectivity index (χ1n) is 6.50. The van der Waals surface area contributed by atoms with Gasteiger partial charge in [-0.05, 0) is 12.5 Å². The second kappa shape index (κ2) is 5.20. The fraction of sp³-hybridized carbons (Fsp3) is 0.727. The van der Waals surface area contributed by atoms with Gasteiger partial charge in [0.15, 0.2) is 0 Å². The lowest BCUT2D eigenvalue weighted by atomic mass is 10.1. The highest BCUT2D eigenvalue weighted by molar-refractivity contribution is 7.86. The zero-order chi connectivity index (χ0) is 13.3. The molecule has 1 aromatic heterocycles. The van der Waals surface area contributed by atoms with Crippen LogP contribution in [0.1, 0.15) is 18.0 Å². The highest BCUT2D eigenvalue weighted by Gasteiger charge is 2.36. The Kier molecular flexibility index (Phi) is 3.57. The quantitative estimate of drug-likeness (QED) is 0.833. The minimum absolute atomic E-state index is 0.221. The first kappa shape index (κ1) is 13.0. The Bertz CT molecular complexity index is 510. The molecule has 1 aromatic rings. The van der Waals surface area contributed by atoms with Crippen LogP contribution in [0.4, 0.5) is 0 Å². The Balaban J connectivity index is 1.69. The third kappa shape index (κ3) is 2.53. The molecule has 19 heavy (non-hydrogen) atoms. The first-order valence-corrected chi connectivity index (χ1v) is 7.90. The molecule has 3 heterocycles. The van der Waals surface area contributed by atoms with Crippen LogP contribution in [0, 0.1) is 0 Å². The molecular weight excluding hydrogens is 268 g/mol. The largest absolute Gasteiger partial charge is 0.379 e. The number of hydrogen-bond donors (Lipinski definition) is 1. The third-order valence-corrected chi connectivity index (χ3v) is 5.74. The number of aromatic nitrogens is 2. The maximum Gasteiger partial charge on any atom is 0.282 e. The summed E-state index contributed by atoms with van der Waals surface area (Å²) in [6.07, 6.45) is 2.54. The molecule has 2 saturated heterocycles. The fourth-order valence-electron chi connectivity index (χ4n) is 2.63. The third-order valence-electron chi connectivity index (χ3n) is 3.74. The lowest BCUT2D eigenvalue weighted by Gasteiger charge is -2.30. The van der Waals surface area contributed by atoms with Crippen molar-refractivity contribution in [3.63, 3.8) is 0 Å². The van der Waals surface area contributed by atoms with Crippen molar-refractivity contribution in [2.45, 2.75) is 12.3 Å². The molecule has 2 aliphatic rings. The minimum atomic E-state index is -3.33. The van der Waals surface area contributed by atoms with Gasteiger partial charge in [-0.15, -0.1) is 0 Å². The SMILES string of the molecule is O=S(=O)(N1CCOCC1)N1CCC(c2ccn[nH]2)C1. The van der Waals surface area contributed by atoms with Crippen LogP contribution < -0.4 is 0 Å². The summed E-state index contributed by atoms with van der Waals surface area (Å²) < 4.78 is 33.2. The first-order chi connectivity index (χ1) is 9.18. The molecule has 1 atom stereocenters. The van der Waals surface area contributed by atoms with E-state index in [1.165, 1.54) is 4.31 Å². The number of rotatable bonds is 3. The number of ether oxygens (including phenoxy) is 1. The summed E-state index contributed by atoms with van der Waals surface area (Å²) >= 11 is 0. The van der Waals surface area contributed by atoms with E-state index in [4.69, 9.17) is 4.74 Å². The average Bonchev–Trinajstić information content (AvgIpc) is 3.10. The van der Waals surface area contributed by atoms with E-state index in [2.05, 4.69) is 10.2 Å². The summed E-state index contributed by atoms with van der Waals surface area (Å²) in [4.78, 5) is 0. The molecule has 0 saturated carbocycles. The number of morpholine rings is 1. The molecular formula is C11H18N4O3S. The minimum Gasteiger partial charge on any atom is -0.379 e. The predicted molar refractivity (Wildman–Crippen MR) is 68.8 cm³/mol. The molecule has 2 fully saturated rings. The van der Waals surface area contributed by atoms with E-state index < -0.39 is 10.2 Å². The Morgan fingerprint density at radius 2 is 2.05 bits per heavy atom. The van der Waals surface area contributed by atoms with E-state index in [0.717, 1.165) is 12.1 Å². The summed E-state index contributed by atoms with van der Waals surface area (Å²) in [6, 6.07) is 1.91. The van der Waals surface area contributed by atoms with Crippen LogP contribution in [0.25, 0.3) is 0 Å². The highest BCUT2D eigenvalue weighted by Crippen LogP contribution is 2.28. The molecule has 1 N–H and O–H groups in total. The van der Waals surface area contributed by atoms with Crippen LogP contribution in [0.5, 0.6) is 0 Å². The van der Waals surface area contributed by atoms with E-state index in [1.807, 2.05) is 6.07 Å². The van der Waals surface area contributed by atoms with Gasteiger partial charge in [0.1, 0.15) is 0 Å². The van der Waals surface area contributed by atoms with Gasteiger partial charge in [-0.2, -0.15) is 22.1 Å². The van der Waals surface area contributed by atoms with Crippen molar-refractivity contribution in [3.8, 4) is 0 Å². The van der Waals surface area contributed by atoms with Gasteiger partial charge in [0.25, 0.3) is 10.2 Å². The van der Waals surface area contributed by atoms with Gasteiger partial charge < -0.3 is 4.74 Å². The van der Waals surface area contributed by atoms with E-state index in [1.54, 1.807) is 10.5 Å². The van der Waals surface area contributed by atoms with Gasteiger partial charge in [0.05, 0.1) is 13.2 Å². The van der Waals surface area contributed by atoms with E-state index in [-0.39, 0.29) is 5.92 Å². The van der Waals surface area contributed by atoms with Crippen molar-refractivity contribution < 1.29 is 13.2 Å². The number of nitrogens with zero attached hydrogens (tertiary/aromatic N) is 3. The second-order valence-electron chi connectivity index (χ2n) is 4.87. The second-order valence-corrected chi connectivity index (χ2v) is 6.80. The molecule has 0 aliphatic carbocycles.